The lowest BCUT2D eigenvalue weighted by Gasteiger charge is -2.29. The highest BCUT2D eigenvalue weighted by Crippen LogP contribution is 2.22. The lowest BCUT2D eigenvalue weighted by atomic mass is 10.1. The maximum absolute atomic E-state index is 13.2. The number of carbonyl (C=O) groups is 1. The number of aromatic nitrogens is 2. The first-order valence-corrected chi connectivity index (χ1v) is 8.83. The van der Waals surface area contributed by atoms with Crippen molar-refractivity contribution in [3.05, 3.63) is 35.2 Å². The van der Waals surface area contributed by atoms with Gasteiger partial charge in [0.1, 0.15) is 0 Å². The summed E-state index contributed by atoms with van der Waals surface area (Å²) >= 11 is 0. The summed E-state index contributed by atoms with van der Waals surface area (Å²) in [6.07, 6.45) is 0. The van der Waals surface area contributed by atoms with E-state index in [1.54, 1.807) is 0 Å². The molecule has 6 nitrogen and oxygen atoms in total. The summed E-state index contributed by atoms with van der Waals surface area (Å²) in [5, 5.41) is 0. The quantitative estimate of drug-likeness (QED) is 0.790. The number of rotatable bonds is 1. The highest BCUT2D eigenvalue weighted by Gasteiger charge is 2.35. The van der Waals surface area contributed by atoms with Gasteiger partial charge in [-0.1, -0.05) is 0 Å². The Morgan fingerprint density at radius 1 is 1.08 bits per heavy atom. The number of aryl methyl sites for hydroxylation is 2. The van der Waals surface area contributed by atoms with Crippen LogP contribution in [0.4, 0.5) is 0 Å². The Kier molecular flexibility index (Phi) is 4.17. The summed E-state index contributed by atoms with van der Waals surface area (Å²) in [6, 6.07) is 5.74. The second-order valence-electron chi connectivity index (χ2n) is 7.33. The van der Waals surface area contributed by atoms with Crippen molar-refractivity contribution in [2.45, 2.75) is 19.9 Å². The van der Waals surface area contributed by atoms with Gasteiger partial charge in [-0.15, -0.1) is 0 Å². The van der Waals surface area contributed by atoms with Gasteiger partial charge >= 0.3 is 0 Å². The van der Waals surface area contributed by atoms with Gasteiger partial charge in [-0.2, -0.15) is 0 Å². The summed E-state index contributed by atoms with van der Waals surface area (Å²) in [4.78, 5) is 26.7. The molecule has 2 aromatic rings. The number of carbonyl (C=O) groups excluding carboxylic acids is 1. The van der Waals surface area contributed by atoms with Crippen LogP contribution in [0.1, 0.15) is 21.7 Å². The second-order valence-corrected chi connectivity index (χ2v) is 7.33. The van der Waals surface area contributed by atoms with Crippen molar-refractivity contribution in [2.24, 2.45) is 5.92 Å². The average molecular weight is 340 g/mol. The molecule has 1 aromatic carbocycles. The first kappa shape index (κ1) is 16.4. The molecule has 1 aromatic heterocycles. The van der Waals surface area contributed by atoms with Crippen LogP contribution in [-0.2, 0) is 4.74 Å². The molecule has 2 atom stereocenters. The van der Waals surface area contributed by atoms with E-state index >= 15 is 0 Å². The van der Waals surface area contributed by atoms with E-state index in [0.717, 1.165) is 48.7 Å². The molecular formula is C19H24N4O2. The van der Waals surface area contributed by atoms with E-state index in [1.165, 1.54) is 0 Å². The molecule has 25 heavy (non-hydrogen) atoms. The molecule has 2 aliphatic rings. The van der Waals surface area contributed by atoms with Gasteiger partial charge in [-0.25, -0.2) is 9.97 Å². The van der Waals surface area contributed by atoms with Gasteiger partial charge < -0.3 is 14.5 Å². The molecule has 0 radical (unpaired) electrons. The van der Waals surface area contributed by atoms with E-state index in [1.807, 2.05) is 36.9 Å². The number of likely N-dealkylation sites (N-methyl/N-ethyl adjacent to an activating group) is 1. The standard InChI is InChI=1S/C19H24N4O2/c1-12-13(2)21-18-6-15(4-5-17(18)20-12)19(24)23-8-14-7-22(3)9-16(23)11-25-10-14/h4-6,14,16H,7-11H2,1-3H3/t14-,16-/m0/s1. The molecular weight excluding hydrogens is 316 g/mol. The fourth-order valence-corrected chi connectivity index (χ4v) is 3.86. The SMILES string of the molecule is Cc1nc2ccc(C(=O)N3C[C@H]4COC[C@@H]3CN(C)C4)cc2nc1C. The minimum atomic E-state index is 0.0673. The van der Waals surface area contributed by atoms with Crippen LogP contribution in [0.2, 0.25) is 0 Å². The molecule has 2 fully saturated rings. The summed E-state index contributed by atoms with van der Waals surface area (Å²) in [5.74, 6) is 0.435. The van der Waals surface area contributed by atoms with Gasteiger partial charge in [0.25, 0.3) is 5.91 Å². The fraction of sp³-hybridized carbons (Fsp3) is 0.526. The number of nitrogens with zero attached hydrogens (tertiary/aromatic N) is 4. The maximum atomic E-state index is 13.2. The predicted octanol–water partition coefficient (Wildman–Crippen LogP) is 1.65. The van der Waals surface area contributed by atoms with Gasteiger partial charge in [0.2, 0.25) is 0 Å². The van der Waals surface area contributed by atoms with E-state index in [9.17, 15) is 4.79 Å². The fourth-order valence-electron chi connectivity index (χ4n) is 3.86. The van der Waals surface area contributed by atoms with E-state index in [0.29, 0.717) is 18.1 Å². The Balaban J connectivity index is 1.68. The van der Waals surface area contributed by atoms with Crippen molar-refractivity contribution in [1.29, 1.82) is 0 Å². The normalized spacial score (nSPS) is 24.4. The van der Waals surface area contributed by atoms with Crippen molar-refractivity contribution in [3.63, 3.8) is 0 Å². The molecule has 1 amide bonds. The smallest absolute Gasteiger partial charge is 0.254 e. The predicted molar refractivity (Wildman–Crippen MR) is 95.6 cm³/mol. The van der Waals surface area contributed by atoms with Crippen molar-refractivity contribution in [1.82, 2.24) is 19.8 Å². The summed E-state index contributed by atoms with van der Waals surface area (Å²) < 4.78 is 5.78. The minimum absolute atomic E-state index is 0.0673. The highest BCUT2D eigenvalue weighted by atomic mass is 16.5. The molecule has 3 heterocycles. The molecule has 4 rings (SSSR count). The Hall–Kier alpha value is -2.05. The second kappa shape index (κ2) is 6.35. The topological polar surface area (TPSA) is 58.6 Å². The number of ether oxygens (including phenoxy) is 1. The summed E-state index contributed by atoms with van der Waals surface area (Å²) in [6.45, 7) is 7.82. The van der Waals surface area contributed by atoms with Gasteiger partial charge in [0.05, 0.1) is 41.7 Å². The monoisotopic (exact) mass is 340 g/mol. The Bertz CT molecular complexity index is 822. The highest BCUT2D eigenvalue weighted by molar-refractivity contribution is 5.97. The molecule has 2 aliphatic heterocycles. The number of fused-ring (bicyclic) bond motifs is 4. The van der Waals surface area contributed by atoms with E-state index in [-0.39, 0.29) is 11.9 Å². The van der Waals surface area contributed by atoms with Crippen LogP contribution in [0, 0.1) is 19.8 Å². The zero-order chi connectivity index (χ0) is 17.6. The van der Waals surface area contributed by atoms with Crippen LogP contribution in [0.3, 0.4) is 0 Å². The molecule has 0 aliphatic carbocycles. The molecule has 132 valence electrons. The van der Waals surface area contributed by atoms with E-state index in [2.05, 4.69) is 21.9 Å². The largest absolute Gasteiger partial charge is 0.379 e. The number of hydrogen-bond donors (Lipinski definition) is 0. The first-order chi connectivity index (χ1) is 12.0. The van der Waals surface area contributed by atoms with Crippen LogP contribution in [0.15, 0.2) is 18.2 Å². The van der Waals surface area contributed by atoms with Crippen molar-refractivity contribution in [2.75, 3.05) is 39.9 Å². The first-order valence-electron chi connectivity index (χ1n) is 8.83. The third kappa shape index (κ3) is 3.12. The van der Waals surface area contributed by atoms with Crippen LogP contribution >= 0.6 is 0 Å². The number of amides is 1. The van der Waals surface area contributed by atoms with Gasteiger partial charge in [0, 0.05) is 31.1 Å². The molecule has 0 saturated carbocycles. The summed E-state index contributed by atoms with van der Waals surface area (Å²) in [5.41, 5.74) is 4.11. The average Bonchev–Trinajstić information content (AvgIpc) is 2.85. The molecule has 6 heteroatoms. The third-order valence-corrected chi connectivity index (χ3v) is 5.23. The zero-order valence-electron chi connectivity index (χ0n) is 15.0. The van der Waals surface area contributed by atoms with Gasteiger partial charge in [-0.3, -0.25) is 4.79 Å². The third-order valence-electron chi connectivity index (χ3n) is 5.23. The van der Waals surface area contributed by atoms with E-state index < -0.39 is 0 Å². The number of benzene rings is 1. The van der Waals surface area contributed by atoms with E-state index in [4.69, 9.17) is 4.74 Å². The Labute approximate surface area is 147 Å². The molecule has 0 N–H and O–H groups in total. The van der Waals surface area contributed by atoms with Gasteiger partial charge in [-0.05, 0) is 39.1 Å². The van der Waals surface area contributed by atoms with Crippen LogP contribution in [0.25, 0.3) is 11.0 Å². The molecule has 2 bridgehead atoms. The lowest BCUT2D eigenvalue weighted by molar-refractivity contribution is 0.0483. The molecule has 0 unspecified atom stereocenters. The van der Waals surface area contributed by atoms with Crippen LogP contribution in [-0.4, -0.2) is 71.6 Å². The van der Waals surface area contributed by atoms with Crippen molar-refractivity contribution >= 4 is 16.9 Å². The van der Waals surface area contributed by atoms with Crippen LogP contribution < -0.4 is 0 Å². The maximum Gasteiger partial charge on any atom is 0.254 e. The van der Waals surface area contributed by atoms with Crippen LogP contribution in [0.5, 0.6) is 0 Å². The zero-order valence-corrected chi connectivity index (χ0v) is 15.0. The van der Waals surface area contributed by atoms with Gasteiger partial charge in [0.15, 0.2) is 0 Å². The number of hydrogen-bond acceptors (Lipinski definition) is 5. The Morgan fingerprint density at radius 2 is 1.84 bits per heavy atom. The molecule has 2 saturated heterocycles. The van der Waals surface area contributed by atoms with Crippen molar-refractivity contribution in [3.8, 4) is 0 Å². The van der Waals surface area contributed by atoms with Crippen molar-refractivity contribution < 1.29 is 9.53 Å². The lowest BCUT2D eigenvalue weighted by Crippen LogP contribution is -2.45. The molecule has 0 spiro atoms. The minimum Gasteiger partial charge on any atom is -0.379 e. The summed E-state index contributed by atoms with van der Waals surface area (Å²) in [7, 11) is 2.12. The Morgan fingerprint density at radius 3 is 2.64 bits per heavy atom.